The summed E-state index contributed by atoms with van der Waals surface area (Å²) >= 11 is 1.97. The molecule has 1 saturated heterocycles. The Labute approximate surface area is 107 Å². The number of hydrogen-bond acceptors (Lipinski definition) is 5. The minimum atomic E-state index is 0.446. The summed E-state index contributed by atoms with van der Waals surface area (Å²) < 4.78 is 0. The van der Waals surface area contributed by atoms with Crippen LogP contribution in [-0.4, -0.2) is 15.7 Å². The zero-order chi connectivity index (χ0) is 12.3. The van der Waals surface area contributed by atoms with Crippen LogP contribution in [0.5, 0.6) is 0 Å². The van der Waals surface area contributed by atoms with Crippen LogP contribution in [0.2, 0.25) is 0 Å². The van der Waals surface area contributed by atoms with E-state index in [1.807, 2.05) is 18.7 Å². The number of aromatic nitrogens is 2. The van der Waals surface area contributed by atoms with Crippen molar-refractivity contribution in [3.63, 3.8) is 0 Å². The van der Waals surface area contributed by atoms with Gasteiger partial charge in [0.2, 0.25) is 0 Å². The van der Waals surface area contributed by atoms with Crippen molar-refractivity contribution in [2.75, 3.05) is 11.2 Å². The molecule has 0 aliphatic carbocycles. The molecular weight excluding hydrogens is 232 g/mol. The molecular formula is C12H20N4S. The second-order valence-electron chi connectivity index (χ2n) is 4.36. The average Bonchev–Trinajstić information content (AvgIpc) is 2.40. The van der Waals surface area contributed by atoms with Crippen LogP contribution in [0.3, 0.4) is 0 Å². The average molecular weight is 252 g/mol. The first-order valence-corrected chi connectivity index (χ1v) is 7.26. The van der Waals surface area contributed by atoms with Gasteiger partial charge in [-0.2, -0.15) is 11.8 Å². The molecule has 1 atom stereocenters. The van der Waals surface area contributed by atoms with E-state index in [1.54, 1.807) is 0 Å². The van der Waals surface area contributed by atoms with Gasteiger partial charge in [0.05, 0.1) is 5.25 Å². The molecule has 1 aromatic rings. The summed E-state index contributed by atoms with van der Waals surface area (Å²) in [6.45, 7) is 4.14. The second kappa shape index (κ2) is 5.69. The number of rotatable bonds is 3. The number of nitrogen functional groups attached to an aromatic ring is 1. The first-order chi connectivity index (χ1) is 8.26. The number of hydrogen-bond donors (Lipinski definition) is 2. The van der Waals surface area contributed by atoms with Crippen molar-refractivity contribution < 1.29 is 0 Å². The van der Waals surface area contributed by atoms with Crippen molar-refractivity contribution in [1.82, 2.24) is 9.97 Å². The van der Waals surface area contributed by atoms with Crippen LogP contribution in [0, 0.1) is 6.92 Å². The minimum Gasteiger partial charge on any atom is -0.308 e. The number of thioether (sulfide) groups is 1. The zero-order valence-corrected chi connectivity index (χ0v) is 11.3. The summed E-state index contributed by atoms with van der Waals surface area (Å²) in [5.74, 6) is 8.47. The second-order valence-corrected chi connectivity index (χ2v) is 5.67. The van der Waals surface area contributed by atoms with Crippen LogP contribution in [0.1, 0.15) is 48.5 Å². The SMILES string of the molecule is CCc1nc(C2CCCCS2)nc(NN)c1C. The van der Waals surface area contributed by atoms with Gasteiger partial charge in [-0.3, -0.25) is 0 Å². The van der Waals surface area contributed by atoms with Crippen molar-refractivity contribution in [3.05, 3.63) is 17.1 Å². The Balaban J connectivity index is 2.33. The van der Waals surface area contributed by atoms with Gasteiger partial charge < -0.3 is 5.43 Å². The molecule has 94 valence electrons. The van der Waals surface area contributed by atoms with Gasteiger partial charge in [-0.15, -0.1) is 0 Å². The van der Waals surface area contributed by atoms with E-state index in [1.165, 1.54) is 25.0 Å². The molecule has 5 heteroatoms. The molecule has 17 heavy (non-hydrogen) atoms. The Hall–Kier alpha value is -0.810. The van der Waals surface area contributed by atoms with E-state index in [2.05, 4.69) is 17.3 Å². The van der Waals surface area contributed by atoms with E-state index in [0.717, 1.165) is 29.3 Å². The van der Waals surface area contributed by atoms with Crippen LogP contribution in [0.15, 0.2) is 0 Å². The standard InChI is InChI=1S/C12H20N4S/c1-3-9-8(2)11(16-13)15-12(14-9)10-6-4-5-7-17-10/h10H,3-7,13H2,1-2H3,(H,14,15,16). The Kier molecular flexibility index (Phi) is 4.23. The van der Waals surface area contributed by atoms with Gasteiger partial charge in [0.1, 0.15) is 11.6 Å². The largest absolute Gasteiger partial charge is 0.308 e. The lowest BCUT2D eigenvalue weighted by molar-refractivity contribution is 0.658. The number of nitrogens with zero attached hydrogens (tertiary/aromatic N) is 2. The topological polar surface area (TPSA) is 63.8 Å². The predicted octanol–water partition coefficient (Wildman–Crippen LogP) is 2.59. The van der Waals surface area contributed by atoms with Crippen LogP contribution in [0.25, 0.3) is 0 Å². The van der Waals surface area contributed by atoms with E-state index in [9.17, 15) is 0 Å². The summed E-state index contributed by atoms with van der Waals surface area (Å²) in [6.07, 6.45) is 4.70. The van der Waals surface area contributed by atoms with Crippen molar-refractivity contribution >= 4 is 17.6 Å². The number of aryl methyl sites for hydroxylation is 1. The van der Waals surface area contributed by atoms with Crippen LogP contribution < -0.4 is 11.3 Å². The third-order valence-electron chi connectivity index (χ3n) is 3.20. The predicted molar refractivity (Wildman–Crippen MR) is 73.0 cm³/mol. The van der Waals surface area contributed by atoms with Gasteiger partial charge in [-0.25, -0.2) is 15.8 Å². The first-order valence-electron chi connectivity index (χ1n) is 6.22. The Morgan fingerprint density at radius 1 is 1.41 bits per heavy atom. The molecule has 1 fully saturated rings. The van der Waals surface area contributed by atoms with E-state index in [4.69, 9.17) is 10.8 Å². The van der Waals surface area contributed by atoms with Crippen LogP contribution in [-0.2, 0) is 6.42 Å². The Bertz CT molecular complexity index is 363. The summed E-state index contributed by atoms with van der Waals surface area (Å²) in [5, 5.41) is 0.446. The summed E-state index contributed by atoms with van der Waals surface area (Å²) in [7, 11) is 0. The maximum absolute atomic E-state index is 5.53. The molecule has 1 unspecified atom stereocenters. The fraction of sp³-hybridized carbons (Fsp3) is 0.667. The number of hydrazine groups is 1. The van der Waals surface area contributed by atoms with Gasteiger partial charge in [-0.1, -0.05) is 13.3 Å². The summed E-state index contributed by atoms with van der Waals surface area (Å²) in [4.78, 5) is 9.25. The lowest BCUT2D eigenvalue weighted by atomic mass is 10.1. The van der Waals surface area contributed by atoms with Crippen molar-refractivity contribution in [2.24, 2.45) is 5.84 Å². The third kappa shape index (κ3) is 2.72. The minimum absolute atomic E-state index is 0.446. The fourth-order valence-electron chi connectivity index (χ4n) is 2.16. The van der Waals surface area contributed by atoms with Gasteiger partial charge in [0.15, 0.2) is 0 Å². The maximum Gasteiger partial charge on any atom is 0.146 e. The molecule has 0 aromatic carbocycles. The highest BCUT2D eigenvalue weighted by Crippen LogP contribution is 2.37. The molecule has 1 aromatic heterocycles. The quantitative estimate of drug-likeness (QED) is 0.639. The molecule has 2 heterocycles. The highest BCUT2D eigenvalue weighted by Gasteiger charge is 2.20. The molecule has 1 aliphatic rings. The first kappa shape index (κ1) is 12.6. The summed E-state index contributed by atoms with van der Waals surface area (Å²) in [5.41, 5.74) is 4.86. The van der Waals surface area contributed by atoms with Crippen LogP contribution in [0.4, 0.5) is 5.82 Å². The maximum atomic E-state index is 5.53. The van der Waals surface area contributed by atoms with E-state index >= 15 is 0 Å². The Morgan fingerprint density at radius 3 is 2.82 bits per heavy atom. The number of nitrogens with one attached hydrogen (secondary N) is 1. The Morgan fingerprint density at radius 2 is 2.24 bits per heavy atom. The lowest BCUT2D eigenvalue weighted by Crippen LogP contribution is -2.16. The molecule has 0 bridgehead atoms. The van der Waals surface area contributed by atoms with Gasteiger partial charge in [0.25, 0.3) is 0 Å². The molecule has 2 rings (SSSR count). The molecule has 0 saturated carbocycles. The lowest BCUT2D eigenvalue weighted by Gasteiger charge is -2.21. The van der Waals surface area contributed by atoms with Gasteiger partial charge in [0, 0.05) is 11.3 Å². The number of nitrogens with two attached hydrogens (primary N) is 1. The van der Waals surface area contributed by atoms with Crippen molar-refractivity contribution in [2.45, 2.75) is 44.8 Å². The highest BCUT2D eigenvalue weighted by molar-refractivity contribution is 7.99. The van der Waals surface area contributed by atoms with E-state index in [0.29, 0.717) is 5.25 Å². The van der Waals surface area contributed by atoms with Crippen molar-refractivity contribution in [1.29, 1.82) is 0 Å². The van der Waals surface area contributed by atoms with E-state index in [-0.39, 0.29) is 0 Å². The van der Waals surface area contributed by atoms with E-state index < -0.39 is 0 Å². The molecule has 0 amide bonds. The van der Waals surface area contributed by atoms with Crippen molar-refractivity contribution in [3.8, 4) is 0 Å². The highest BCUT2D eigenvalue weighted by atomic mass is 32.2. The molecule has 1 aliphatic heterocycles. The zero-order valence-electron chi connectivity index (χ0n) is 10.5. The normalized spacial score (nSPS) is 20.3. The fourth-order valence-corrected chi connectivity index (χ4v) is 3.40. The number of anilines is 1. The molecule has 0 radical (unpaired) electrons. The molecule has 3 N–H and O–H groups in total. The summed E-state index contributed by atoms with van der Waals surface area (Å²) in [6, 6.07) is 0. The molecule has 0 spiro atoms. The third-order valence-corrected chi connectivity index (χ3v) is 4.58. The molecule has 4 nitrogen and oxygen atoms in total. The smallest absolute Gasteiger partial charge is 0.146 e. The van der Waals surface area contributed by atoms with Crippen LogP contribution >= 0.6 is 11.8 Å². The van der Waals surface area contributed by atoms with Gasteiger partial charge >= 0.3 is 0 Å². The van der Waals surface area contributed by atoms with Gasteiger partial charge in [-0.05, 0) is 31.9 Å². The monoisotopic (exact) mass is 252 g/mol.